The Morgan fingerprint density at radius 3 is 1.78 bits per heavy atom. The van der Waals surface area contributed by atoms with E-state index in [1.807, 2.05) is 6.21 Å². The molecule has 0 aromatic heterocycles. The number of benzene rings is 4. The Kier molecular flexibility index (Phi) is 4.84. The highest BCUT2D eigenvalue weighted by Crippen LogP contribution is 2.27. The second-order valence-corrected chi connectivity index (χ2v) is 7.11. The van der Waals surface area contributed by atoms with Gasteiger partial charge in [-0.1, -0.05) is 96.1 Å². The predicted octanol–water partition coefficient (Wildman–Crippen LogP) is 6.67. The lowest BCUT2D eigenvalue weighted by atomic mass is 9.97. The summed E-state index contributed by atoms with van der Waals surface area (Å²) in [4.78, 5) is 4.98. The molecular formula is C26H23N. The van der Waals surface area contributed by atoms with E-state index in [-0.39, 0.29) is 6.04 Å². The molecule has 4 rings (SSSR count). The van der Waals surface area contributed by atoms with Crippen LogP contribution in [0.5, 0.6) is 0 Å². The second-order valence-electron chi connectivity index (χ2n) is 7.11. The van der Waals surface area contributed by atoms with Crippen molar-refractivity contribution in [3.05, 3.63) is 119 Å². The van der Waals surface area contributed by atoms with Gasteiger partial charge in [0.15, 0.2) is 0 Å². The van der Waals surface area contributed by atoms with E-state index in [9.17, 15) is 0 Å². The number of hydrogen-bond acceptors (Lipinski definition) is 1. The van der Waals surface area contributed by atoms with Crippen LogP contribution in [-0.4, -0.2) is 6.21 Å². The van der Waals surface area contributed by atoms with Gasteiger partial charge < -0.3 is 0 Å². The van der Waals surface area contributed by atoms with Crippen LogP contribution in [0.1, 0.15) is 33.9 Å². The predicted molar refractivity (Wildman–Crippen MR) is 116 cm³/mol. The average Bonchev–Trinajstić information content (AvgIpc) is 2.70. The average molecular weight is 349 g/mol. The first-order valence-electron chi connectivity index (χ1n) is 9.34. The lowest BCUT2D eigenvalue weighted by Crippen LogP contribution is -1.99. The number of hydrogen-bond donors (Lipinski definition) is 0. The smallest absolute Gasteiger partial charge is 0.0999 e. The summed E-state index contributed by atoms with van der Waals surface area (Å²) in [6, 6.07) is 32.2. The van der Waals surface area contributed by atoms with Crippen molar-refractivity contribution in [2.24, 2.45) is 4.99 Å². The van der Waals surface area contributed by atoms with Crippen LogP contribution in [-0.2, 0) is 0 Å². The molecule has 4 aromatic rings. The van der Waals surface area contributed by atoms with Gasteiger partial charge in [-0.25, -0.2) is 0 Å². The van der Waals surface area contributed by atoms with Gasteiger partial charge in [0.2, 0.25) is 0 Å². The molecule has 0 radical (unpaired) electrons. The van der Waals surface area contributed by atoms with Crippen molar-refractivity contribution in [1.29, 1.82) is 0 Å². The SMILES string of the molecule is Cc1ccc(C(N=Cc2ccc3ccccc3c2)c2ccc(C)cc2)cc1. The third-order valence-corrected chi connectivity index (χ3v) is 4.93. The zero-order valence-corrected chi connectivity index (χ0v) is 15.8. The van der Waals surface area contributed by atoms with Crippen molar-refractivity contribution < 1.29 is 0 Å². The Morgan fingerprint density at radius 2 is 1.19 bits per heavy atom. The Balaban J connectivity index is 1.71. The van der Waals surface area contributed by atoms with E-state index in [1.54, 1.807) is 0 Å². The fourth-order valence-corrected chi connectivity index (χ4v) is 3.31. The molecule has 0 bridgehead atoms. The summed E-state index contributed by atoms with van der Waals surface area (Å²) < 4.78 is 0. The minimum atomic E-state index is -0.00216. The van der Waals surface area contributed by atoms with Crippen LogP contribution in [0.2, 0.25) is 0 Å². The Hall–Kier alpha value is -3.19. The van der Waals surface area contributed by atoms with E-state index in [2.05, 4.69) is 105 Å². The van der Waals surface area contributed by atoms with Gasteiger partial charge in [0, 0.05) is 6.21 Å². The number of fused-ring (bicyclic) bond motifs is 1. The minimum Gasteiger partial charge on any atom is -0.280 e. The van der Waals surface area contributed by atoms with Gasteiger partial charge in [-0.15, -0.1) is 0 Å². The maximum Gasteiger partial charge on any atom is 0.0999 e. The molecule has 132 valence electrons. The highest BCUT2D eigenvalue weighted by molar-refractivity contribution is 5.90. The van der Waals surface area contributed by atoms with Gasteiger partial charge in [-0.2, -0.15) is 0 Å². The third kappa shape index (κ3) is 3.98. The summed E-state index contributed by atoms with van der Waals surface area (Å²) in [6.45, 7) is 4.23. The largest absolute Gasteiger partial charge is 0.280 e. The van der Waals surface area contributed by atoms with Gasteiger partial charge >= 0.3 is 0 Å². The van der Waals surface area contributed by atoms with Crippen molar-refractivity contribution >= 4 is 17.0 Å². The molecule has 0 saturated heterocycles. The maximum atomic E-state index is 4.98. The van der Waals surface area contributed by atoms with E-state index < -0.39 is 0 Å². The molecule has 0 atom stereocenters. The molecule has 0 aliphatic heterocycles. The van der Waals surface area contributed by atoms with E-state index in [0.717, 1.165) is 5.56 Å². The molecule has 0 unspecified atom stereocenters. The van der Waals surface area contributed by atoms with Crippen LogP contribution in [0.25, 0.3) is 10.8 Å². The Morgan fingerprint density at radius 1 is 0.630 bits per heavy atom. The fraction of sp³-hybridized carbons (Fsp3) is 0.115. The monoisotopic (exact) mass is 349 g/mol. The van der Waals surface area contributed by atoms with Crippen LogP contribution < -0.4 is 0 Å². The molecule has 0 fully saturated rings. The lowest BCUT2D eigenvalue weighted by Gasteiger charge is -2.14. The normalized spacial score (nSPS) is 11.5. The van der Waals surface area contributed by atoms with Gasteiger partial charge in [-0.3, -0.25) is 4.99 Å². The Bertz CT molecular complexity index is 1030. The first kappa shape index (κ1) is 17.2. The zero-order valence-electron chi connectivity index (χ0n) is 15.8. The minimum absolute atomic E-state index is 0.00216. The quantitative estimate of drug-likeness (QED) is 0.365. The topological polar surface area (TPSA) is 12.4 Å². The molecule has 0 aliphatic carbocycles. The fourth-order valence-electron chi connectivity index (χ4n) is 3.31. The summed E-state index contributed by atoms with van der Waals surface area (Å²) in [6.07, 6.45) is 2.00. The first-order chi connectivity index (χ1) is 13.2. The van der Waals surface area contributed by atoms with Crippen molar-refractivity contribution in [1.82, 2.24) is 0 Å². The number of aliphatic imine (C=N–C) groups is 1. The van der Waals surface area contributed by atoms with Gasteiger partial charge in [0.1, 0.15) is 0 Å². The van der Waals surface area contributed by atoms with Gasteiger partial charge in [0.05, 0.1) is 6.04 Å². The molecule has 0 spiro atoms. The van der Waals surface area contributed by atoms with Crippen molar-refractivity contribution in [3.63, 3.8) is 0 Å². The van der Waals surface area contributed by atoms with Crippen LogP contribution >= 0.6 is 0 Å². The van der Waals surface area contributed by atoms with E-state index in [4.69, 9.17) is 4.99 Å². The van der Waals surface area contributed by atoms with Crippen LogP contribution in [0.4, 0.5) is 0 Å². The maximum absolute atomic E-state index is 4.98. The summed E-state index contributed by atoms with van der Waals surface area (Å²) in [5.74, 6) is 0. The van der Waals surface area contributed by atoms with E-state index in [0.29, 0.717) is 0 Å². The Labute approximate surface area is 161 Å². The third-order valence-electron chi connectivity index (χ3n) is 4.93. The molecular weight excluding hydrogens is 326 g/mol. The van der Waals surface area contributed by atoms with Crippen LogP contribution in [0, 0.1) is 13.8 Å². The van der Waals surface area contributed by atoms with E-state index >= 15 is 0 Å². The van der Waals surface area contributed by atoms with Crippen molar-refractivity contribution in [3.8, 4) is 0 Å². The molecule has 0 N–H and O–H groups in total. The molecule has 4 aromatic carbocycles. The molecule has 0 heterocycles. The molecule has 0 amide bonds. The van der Waals surface area contributed by atoms with Crippen LogP contribution in [0.3, 0.4) is 0 Å². The molecule has 0 saturated carbocycles. The standard InChI is InChI=1S/C26H23N/c1-19-7-12-23(13-8-19)26(24-14-9-20(2)10-15-24)27-18-21-11-16-22-5-3-4-6-25(22)17-21/h3-18,26H,1-2H3. The van der Waals surface area contributed by atoms with Gasteiger partial charge in [-0.05, 0) is 47.4 Å². The highest BCUT2D eigenvalue weighted by atomic mass is 14.8. The number of rotatable bonds is 4. The van der Waals surface area contributed by atoms with E-state index in [1.165, 1.54) is 33.0 Å². The molecule has 27 heavy (non-hydrogen) atoms. The first-order valence-corrected chi connectivity index (χ1v) is 9.34. The molecule has 0 aliphatic rings. The summed E-state index contributed by atoms with van der Waals surface area (Å²) in [5, 5.41) is 2.49. The van der Waals surface area contributed by atoms with Gasteiger partial charge in [0.25, 0.3) is 0 Å². The van der Waals surface area contributed by atoms with Crippen LogP contribution in [0.15, 0.2) is 96.0 Å². The number of nitrogens with zero attached hydrogens (tertiary/aromatic N) is 1. The second kappa shape index (κ2) is 7.59. The molecule has 1 heteroatoms. The zero-order chi connectivity index (χ0) is 18.6. The van der Waals surface area contributed by atoms with Crippen molar-refractivity contribution in [2.75, 3.05) is 0 Å². The highest BCUT2D eigenvalue weighted by Gasteiger charge is 2.12. The summed E-state index contributed by atoms with van der Waals surface area (Å²) in [5.41, 5.74) is 6.07. The number of aryl methyl sites for hydroxylation is 2. The van der Waals surface area contributed by atoms with Crippen molar-refractivity contribution in [2.45, 2.75) is 19.9 Å². The summed E-state index contributed by atoms with van der Waals surface area (Å²) in [7, 11) is 0. The molecule has 1 nitrogen and oxygen atoms in total. The lowest BCUT2D eigenvalue weighted by molar-refractivity contribution is 0.877. The summed E-state index contributed by atoms with van der Waals surface area (Å²) >= 11 is 0.